The van der Waals surface area contributed by atoms with Crippen LogP contribution < -0.4 is 5.32 Å². The maximum atomic E-state index is 13.1. The summed E-state index contributed by atoms with van der Waals surface area (Å²) in [6.45, 7) is 3.69. The van der Waals surface area contributed by atoms with Gasteiger partial charge in [-0.2, -0.15) is 5.10 Å². The maximum Gasteiger partial charge on any atom is 0.256 e. The molecule has 1 heterocycles. The Morgan fingerprint density at radius 2 is 1.86 bits per heavy atom. The average molecular weight is 465 g/mol. The van der Waals surface area contributed by atoms with Crippen molar-refractivity contribution in [3.8, 4) is 5.69 Å². The fourth-order valence-electron chi connectivity index (χ4n) is 2.91. The molecule has 28 heavy (non-hydrogen) atoms. The molecule has 1 atom stereocenters. The first kappa shape index (κ1) is 20.6. The number of aryl methyl sites for hydroxylation is 2. The molecule has 4 nitrogen and oxygen atoms in total. The average Bonchev–Trinajstić information content (AvgIpc) is 2.96. The van der Waals surface area contributed by atoms with E-state index >= 15 is 0 Å². The SMILES string of the molecule is Cc1nn(-c2ccc(F)cc2)c(Cl)c1C(=O)N[C@@H](C)CCc1ccc(Br)cc1. The number of hydrogen-bond donors (Lipinski definition) is 1. The molecule has 0 radical (unpaired) electrons. The molecule has 0 spiro atoms. The lowest BCUT2D eigenvalue weighted by Gasteiger charge is -2.14. The third-order valence-electron chi connectivity index (χ3n) is 4.46. The van der Waals surface area contributed by atoms with E-state index < -0.39 is 0 Å². The van der Waals surface area contributed by atoms with Gasteiger partial charge in [-0.05, 0) is 68.7 Å². The van der Waals surface area contributed by atoms with Crippen LogP contribution in [0.2, 0.25) is 5.15 Å². The number of halogens is 3. The molecule has 3 aromatic rings. The number of benzene rings is 2. The van der Waals surface area contributed by atoms with E-state index in [0.29, 0.717) is 16.9 Å². The second kappa shape index (κ2) is 8.88. The normalized spacial score (nSPS) is 12.0. The predicted octanol–water partition coefficient (Wildman–Crippen LogP) is 5.49. The zero-order chi connectivity index (χ0) is 20.3. The van der Waals surface area contributed by atoms with Gasteiger partial charge in [0.25, 0.3) is 5.91 Å². The number of rotatable bonds is 6. The van der Waals surface area contributed by atoms with E-state index in [0.717, 1.165) is 17.3 Å². The maximum absolute atomic E-state index is 13.1. The summed E-state index contributed by atoms with van der Waals surface area (Å²) in [5, 5.41) is 7.53. The first-order valence-corrected chi connectivity index (χ1v) is 10.1. The number of nitrogens with zero attached hydrogens (tertiary/aromatic N) is 2. The number of carbonyl (C=O) groups is 1. The van der Waals surface area contributed by atoms with Gasteiger partial charge in [0.1, 0.15) is 11.0 Å². The number of aromatic nitrogens is 2. The van der Waals surface area contributed by atoms with Crippen molar-refractivity contribution in [2.24, 2.45) is 0 Å². The lowest BCUT2D eigenvalue weighted by molar-refractivity contribution is 0.0938. The molecule has 7 heteroatoms. The molecular formula is C21H20BrClFN3O. The molecule has 0 aliphatic heterocycles. The molecule has 0 aliphatic rings. The molecule has 1 N–H and O–H groups in total. The minimum absolute atomic E-state index is 0.0271. The second-order valence-electron chi connectivity index (χ2n) is 6.68. The Morgan fingerprint density at radius 3 is 2.50 bits per heavy atom. The zero-order valence-electron chi connectivity index (χ0n) is 15.5. The summed E-state index contributed by atoms with van der Waals surface area (Å²) >= 11 is 9.84. The van der Waals surface area contributed by atoms with Crippen molar-refractivity contribution in [3.05, 3.63) is 80.8 Å². The van der Waals surface area contributed by atoms with Crippen molar-refractivity contribution >= 4 is 33.4 Å². The molecule has 0 bridgehead atoms. The Labute approximate surface area is 176 Å². The van der Waals surface area contributed by atoms with Crippen molar-refractivity contribution < 1.29 is 9.18 Å². The lowest BCUT2D eigenvalue weighted by atomic mass is 10.1. The quantitative estimate of drug-likeness (QED) is 0.524. The molecular weight excluding hydrogens is 445 g/mol. The highest BCUT2D eigenvalue weighted by Gasteiger charge is 2.22. The first-order chi connectivity index (χ1) is 13.3. The van der Waals surface area contributed by atoms with Crippen LogP contribution in [0.15, 0.2) is 53.0 Å². The lowest BCUT2D eigenvalue weighted by Crippen LogP contribution is -2.33. The van der Waals surface area contributed by atoms with E-state index in [9.17, 15) is 9.18 Å². The number of amides is 1. The Balaban J connectivity index is 1.68. The highest BCUT2D eigenvalue weighted by atomic mass is 79.9. The van der Waals surface area contributed by atoms with Crippen LogP contribution in [0.25, 0.3) is 5.69 Å². The van der Waals surface area contributed by atoms with Crippen LogP contribution in [0.1, 0.15) is 35.0 Å². The van der Waals surface area contributed by atoms with Gasteiger partial charge < -0.3 is 5.32 Å². The third-order valence-corrected chi connectivity index (χ3v) is 5.34. The van der Waals surface area contributed by atoms with Crippen molar-refractivity contribution in [1.82, 2.24) is 15.1 Å². The predicted molar refractivity (Wildman–Crippen MR) is 113 cm³/mol. The van der Waals surface area contributed by atoms with Gasteiger partial charge in [-0.1, -0.05) is 39.7 Å². The smallest absolute Gasteiger partial charge is 0.256 e. The Bertz CT molecular complexity index is 971. The fourth-order valence-corrected chi connectivity index (χ4v) is 3.54. The third kappa shape index (κ3) is 4.80. The van der Waals surface area contributed by atoms with E-state index in [4.69, 9.17) is 11.6 Å². The van der Waals surface area contributed by atoms with Crippen LogP contribution in [0, 0.1) is 12.7 Å². The monoisotopic (exact) mass is 463 g/mol. The summed E-state index contributed by atoms with van der Waals surface area (Å²) in [4.78, 5) is 12.7. The van der Waals surface area contributed by atoms with Crippen LogP contribution >= 0.6 is 27.5 Å². The summed E-state index contributed by atoms with van der Waals surface area (Å²) in [7, 11) is 0. The molecule has 0 saturated carbocycles. The summed E-state index contributed by atoms with van der Waals surface area (Å²) in [6, 6.07) is 13.9. The van der Waals surface area contributed by atoms with Gasteiger partial charge in [0.05, 0.1) is 16.9 Å². The van der Waals surface area contributed by atoms with Gasteiger partial charge in [0.15, 0.2) is 0 Å². The molecule has 1 aromatic heterocycles. The summed E-state index contributed by atoms with van der Waals surface area (Å²) in [6.07, 6.45) is 1.66. The largest absolute Gasteiger partial charge is 0.349 e. The van der Waals surface area contributed by atoms with Gasteiger partial charge in [-0.25, -0.2) is 9.07 Å². The van der Waals surface area contributed by atoms with E-state index in [1.165, 1.54) is 22.4 Å². The highest BCUT2D eigenvalue weighted by Crippen LogP contribution is 2.24. The summed E-state index contributed by atoms with van der Waals surface area (Å²) in [5.74, 6) is -0.611. The second-order valence-corrected chi connectivity index (χ2v) is 7.95. The molecule has 0 fully saturated rings. The van der Waals surface area contributed by atoms with Crippen LogP contribution in [-0.4, -0.2) is 21.7 Å². The van der Waals surface area contributed by atoms with E-state index in [1.54, 1.807) is 19.1 Å². The van der Waals surface area contributed by atoms with Gasteiger partial charge in [-0.3, -0.25) is 4.79 Å². The van der Waals surface area contributed by atoms with Gasteiger partial charge >= 0.3 is 0 Å². The standard InChI is InChI=1S/C21H20BrClFN3O/c1-13(3-4-15-5-7-16(22)8-6-15)25-21(28)19-14(2)26-27(20(19)23)18-11-9-17(24)10-12-18/h5-13H,3-4H2,1-2H3,(H,25,28)/t13-/m0/s1. The van der Waals surface area contributed by atoms with Crippen LogP contribution in [0.5, 0.6) is 0 Å². The van der Waals surface area contributed by atoms with Gasteiger partial charge in [0.2, 0.25) is 0 Å². The van der Waals surface area contributed by atoms with Crippen molar-refractivity contribution in [3.63, 3.8) is 0 Å². The van der Waals surface area contributed by atoms with Crippen LogP contribution in [-0.2, 0) is 6.42 Å². The first-order valence-electron chi connectivity index (χ1n) is 8.91. The van der Waals surface area contributed by atoms with E-state index in [2.05, 4.69) is 38.5 Å². The summed E-state index contributed by atoms with van der Waals surface area (Å²) < 4.78 is 15.6. The van der Waals surface area contributed by atoms with E-state index in [1.807, 2.05) is 19.1 Å². The Hall–Kier alpha value is -2.18. The van der Waals surface area contributed by atoms with Crippen LogP contribution in [0.3, 0.4) is 0 Å². The van der Waals surface area contributed by atoms with E-state index in [-0.39, 0.29) is 22.9 Å². The fraction of sp³-hybridized carbons (Fsp3) is 0.238. The molecule has 1 amide bonds. The molecule has 0 aliphatic carbocycles. The topological polar surface area (TPSA) is 46.9 Å². The van der Waals surface area contributed by atoms with Gasteiger partial charge in [-0.15, -0.1) is 0 Å². The zero-order valence-corrected chi connectivity index (χ0v) is 17.9. The number of nitrogens with one attached hydrogen (secondary N) is 1. The number of carbonyl (C=O) groups excluding carboxylic acids is 1. The Morgan fingerprint density at radius 1 is 1.21 bits per heavy atom. The van der Waals surface area contributed by atoms with Crippen molar-refractivity contribution in [1.29, 1.82) is 0 Å². The minimum Gasteiger partial charge on any atom is -0.349 e. The molecule has 0 unspecified atom stereocenters. The molecule has 2 aromatic carbocycles. The summed E-state index contributed by atoms with van der Waals surface area (Å²) in [5.41, 5.74) is 2.66. The Kier molecular flexibility index (Phi) is 6.52. The van der Waals surface area contributed by atoms with Gasteiger partial charge in [0, 0.05) is 10.5 Å². The molecule has 3 rings (SSSR count). The van der Waals surface area contributed by atoms with Crippen LogP contribution in [0.4, 0.5) is 4.39 Å². The molecule has 0 saturated heterocycles. The minimum atomic E-state index is -0.346. The van der Waals surface area contributed by atoms with Crippen molar-refractivity contribution in [2.75, 3.05) is 0 Å². The van der Waals surface area contributed by atoms with Crippen molar-refractivity contribution in [2.45, 2.75) is 32.7 Å². The molecule has 146 valence electrons. The highest BCUT2D eigenvalue weighted by molar-refractivity contribution is 9.10. The number of hydrogen-bond acceptors (Lipinski definition) is 2.